The van der Waals surface area contributed by atoms with Crippen LogP contribution >= 0.6 is 0 Å². The van der Waals surface area contributed by atoms with Crippen molar-refractivity contribution in [1.82, 2.24) is 9.88 Å². The van der Waals surface area contributed by atoms with Crippen molar-refractivity contribution in [2.24, 2.45) is 5.92 Å². The van der Waals surface area contributed by atoms with Crippen LogP contribution in [-0.2, 0) is 16.3 Å². The molecule has 0 N–H and O–H groups in total. The standard InChI is InChI=1S/C16H22N2O3S/c1-18(11-13-8-10-22(19,20)12-13)9-4-7-16-17-14-5-2-3-6-15(14)21-16/h2-3,5-6,13H,4,7-12H2,1H3. The summed E-state index contributed by atoms with van der Waals surface area (Å²) in [7, 11) is -0.718. The van der Waals surface area contributed by atoms with Crippen LogP contribution in [0.2, 0.25) is 0 Å². The molecule has 1 aromatic carbocycles. The Bertz CT molecular complexity index is 706. The van der Waals surface area contributed by atoms with Gasteiger partial charge in [0.15, 0.2) is 21.3 Å². The Kier molecular flexibility index (Phi) is 4.49. The molecule has 0 radical (unpaired) electrons. The van der Waals surface area contributed by atoms with Gasteiger partial charge in [-0.1, -0.05) is 12.1 Å². The molecule has 0 bridgehead atoms. The molecular weight excluding hydrogens is 300 g/mol. The summed E-state index contributed by atoms with van der Waals surface area (Å²) in [6.45, 7) is 1.78. The van der Waals surface area contributed by atoms with Crippen LogP contribution in [0.4, 0.5) is 0 Å². The van der Waals surface area contributed by atoms with Crippen LogP contribution in [0.15, 0.2) is 28.7 Å². The van der Waals surface area contributed by atoms with Gasteiger partial charge in [-0.3, -0.25) is 0 Å². The number of hydrogen-bond acceptors (Lipinski definition) is 5. The highest BCUT2D eigenvalue weighted by Crippen LogP contribution is 2.19. The smallest absolute Gasteiger partial charge is 0.195 e. The predicted octanol–water partition coefficient (Wildman–Crippen LogP) is 2.13. The second kappa shape index (κ2) is 6.38. The van der Waals surface area contributed by atoms with Crippen LogP contribution in [0.5, 0.6) is 0 Å². The van der Waals surface area contributed by atoms with Gasteiger partial charge in [0.25, 0.3) is 0 Å². The summed E-state index contributed by atoms with van der Waals surface area (Å²) in [5.74, 6) is 1.77. The quantitative estimate of drug-likeness (QED) is 0.815. The molecule has 1 aliphatic heterocycles. The number of nitrogens with zero attached hydrogens (tertiary/aromatic N) is 2. The van der Waals surface area contributed by atoms with E-state index < -0.39 is 9.84 Å². The van der Waals surface area contributed by atoms with Crippen molar-refractivity contribution in [3.05, 3.63) is 30.2 Å². The number of para-hydroxylation sites is 2. The number of benzene rings is 1. The summed E-state index contributed by atoms with van der Waals surface area (Å²) in [5, 5.41) is 0. The summed E-state index contributed by atoms with van der Waals surface area (Å²) in [6.07, 6.45) is 2.57. The maximum atomic E-state index is 11.5. The molecule has 1 atom stereocenters. The van der Waals surface area contributed by atoms with Crippen LogP contribution < -0.4 is 0 Å². The molecule has 5 nitrogen and oxygen atoms in total. The van der Waals surface area contributed by atoms with E-state index in [1.54, 1.807) is 0 Å². The van der Waals surface area contributed by atoms with Crippen molar-refractivity contribution in [3.8, 4) is 0 Å². The molecule has 0 aliphatic carbocycles. The molecule has 2 heterocycles. The average molecular weight is 322 g/mol. The fourth-order valence-corrected chi connectivity index (χ4v) is 4.92. The van der Waals surface area contributed by atoms with Gasteiger partial charge in [0.1, 0.15) is 5.52 Å². The van der Waals surface area contributed by atoms with Crippen molar-refractivity contribution in [2.45, 2.75) is 19.3 Å². The molecule has 1 saturated heterocycles. The van der Waals surface area contributed by atoms with Gasteiger partial charge in [-0.25, -0.2) is 13.4 Å². The molecular formula is C16H22N2O3S. The van der Waals surface area contributed by atoms with E-state index in [0.717, 1.165) is 49.3 Å². The number of hydrogen-bond donors (Lipinski definition) is 0. The van der Waals surface area contributed by atoms with Crippen molar-refractivity contribution in [1.29, 1.82) is 0 Å². The largest absolute Gasteiger partial charge is 0.441 e. The third kappa shape index (κ3) is 3.87. The third-order valence-corrected chi connectivity index (χ3v) is 6.00. The van der Waals surface area contributed by atoms with Gasteiger partial charge in [0.05, 0.1) is 11.5 Å². The summed E-state index contributed by atoms with van der Waals surface area (Å²) in [5.41, 5.74) is 1.74. The summed E-state index contributed by atoms with van der Waals surface area (Å²) < 4.78 is 28.6. The lowest BCUT2D eigenvalue weighted by molar-refractivity contribution is 0.282. The Morgan fingerprint density at radius 3 is 2.91 bits per heavy atom. The van der Waals surface area contributed by atoms with Gasteiger partial charge in [-0.05, 0) is 44.5 Å². The number of aromatic nitrogens is 1. The maximum absolute atomic E-state index is 11.5. The monoisotopic (exact) mass is 322 g/mol. The van der Waals surface area contributed by atoms with Crippen molar-refractivity contribution in [2.75, 3.05) is 31.6 Å². The first-order chi connectivity index (χ1) is 10.5. The zero-order valence-corrected chi connectivity index (χ0v) is 13.7. The van der Waals surface area contributed by atoms with Gasteiger partial charge in [-0.15, -0.1) is 0 Å². The average Bonchev–Trinajstić information content (AvgIpc) is 3.01. The lowest BCUT2D eigenvalue weighted by atomic mass is 10.1. The lowest BCUT2D eigenvalue weighted by Gasteiger charge is -2.19. The number of oxazole rings is 1. The number of aryl methyl sites for hydroxylation is 1. The van der Waals surface area contributed by atoms with E-state index in [-0.39, 0.29) is 0 Å². The minimum atomic E-state index is -2.77. The summed E-state index contributed by atoms with van der Waals surface area (Å²) in [6, 6.07) is 7.78. The highest BCUT2D eigenvalue weighted by atomic mass is 32.2. The molecule has 0 amide bonds. The molecule has 0 saturated carbocycles. The van der Waals surface area contributed by atoms with Gasteiger partial charge in [0, 0.05) is 13.0 Å². The number of fused-ring (bicyclic) bond motifs is 1. The highest BCUT2D eigenvalue weighted by molar-refractivity contribution is 7.91. The zero-order valence-electron chi connectivity index (χ0n) is 12.9. The first kappa shape index (κ1) is 15.5. The Labute approximate surface area is 131 Å². The lowest BCUT2D eigenvalue weighted by Crippen LogP contribution is -2.27. The van der Waals surface area contributed by atoms with Crippen molar-refractivity contribution >= 4 is 20.9 Å². The van der Waals surface area contributed by atoms with Crippen LogP contribution in [0.25, 0.3) is 11.1 Å². The SMILES string of the molecule is CN(CCCc1nc2ccccc2o1)CC1CCS(=O)(=O)C1. The first-order valence-corrected chi connectivity index (χ1v) is 9.57. The van der Waals surface area contributed by atoms with Crippen molar-refractivity contribution < 1.29 is 12.8 Å². The second-order valence-electron chi connectivity index (χ2n) is 6.21. The summed E-state index contributed by atoms with van der Waals surface area (Å²) in [4.78, 5) is 6.68. The van der Waals surface area contributed by atoms with Gasteiger partial charge < -0.3 is 9.32 Å². The van der Waals surface area contributed by atoms with Crippen LogP contribution in [0.1, 0.15) is 18.7 Å². The van der Waals surface area contributed by atoms with E-state index in [1.807, 2.05) is 24.3 Å². The Hall–Kier alpha value is -1.40. The van der Waals surface area contributed by atoms with Crippen LogP contribution in [-0.4, -0.2) is 49.9 Å². The highest BCUT2D eigenvalue weighted by Gasteiger charge is 2.28. The fourth-order valence-electron chi connectivity index (χ4n) is 3.08. The molecule has 1 aliphatic rings. The van der Waals surface area contributed by atoms with Crippen molar-refractivity contribution in [3.63, 3.8) is 0 Å². The number of rotatable bonds is 6. The normalized spacial score (nSPS) is 20.9. The Balaban J connectivity index is 1.44. The molecule has 2 aromatic rings. The van der Waals surface area contributed by atoms with Crippen LogP contribution in [0.3, 0.4) is 0 Å². The third-order valence-electron chi connectivity index (χ3n) is 4.17. The molecule has 1 unspecified atom stereocenters. The molecule has 1 aromatic heterocycles. The molecule has 0 spiro atoms. The van der Waals surface area contributed by atoms with E-state index >= 15 is 0 Å². The van der Waals surface area contributed by atoms with E-state index in [0.29, 0.717) is 17.4 Å². The molecule has 1 fully saturated rings. The zero-order chi connectivity index (χ0) is 15.6. The van der Waals surface area contributed by atoms with E-state index in [9.17, 15) is 8.42 Å². The van der Waals surface area contributed by atoms with Crippen LogP contribution in [0, 0.1) is 5.92 Å². The van der Waals surface area contributed by atoms with Gasteiger partial charge in [-0.2, -0.15) is 0 Å². The molecule has 6 heteroatoms. The summed E-state index contributed by atoms with van der Waals surface area (Å²) >= 11 is 0. The minimum absolute atomic E-state index is 0.291. The van der Waals surface area contributed by atoms with E-state index in [2.05, 4.69) is 16.9 Å². The van der Waals surface area contributed by atoms with E-state index in [4.69, 9.17) is 4.42 Å². The topological polar surface area (TPSA) is 63.4 Å². The number of sulfone groups is 1. The fraction of sp³-hybridized carbons (Fsp3) is 0.562. The van der Waals surface area contributed by atoms with Gasteiger partial charge in [0.2, 0.25) is 0 Å². The molecule has 3 rings (SSSR count). The first-order valence-electron chi connectivity index (χ1n) is 7.75. The maximum Gasteiger partial charge on any atom is 0.195 e. The predicted molar refractivity (Wildman–Crippen MR) is 86.6 cm³/mol. The van der Waals surface area contributed by atoms with E-state index in [1.165, 1.54) is 0 Å². The minimum Gasteiger partial charge on any atom is -0.441 e. The molecule has 22 heavy (non-hydrogen) atoms. The Morgan fingerprint density at radius 1 is 1.36 bits per heavy atom. The second-order valence-corrected chi connectivity index (χ2v) is 8.44. The van der Waals surface area contributed by atoms with Gasteiger partial charge >= 0.3 is 0 Å². The molecule has 120 valence electrons. The Morgan fingerprint density at radius 2 is 2.18 bits per heavy atom.